The molecule has 0 aliphatic carbocycles. The SMILES string of the molecule is Cc1noc(C)c1S(=O)(=O)N[C@@H](C)C(=O)OCC(=O)Nc1ccc(Cl)cc1. The Balaban J connectivity index is 1.90. The van der Waals surface area contributed by atoms with E-state index in [4.69, 9.17) is 20.9 Å². The van der Waals surface area contributed by atoms with Crippen LogP contribution in [0.5, 0.6) is 0 Å². The van der Waals surface area contributed by atoms with Crippen LogP contribution in [-0.4, -0.2) is 38.1 Å². The van der Waals surface area contributed by atoms with E-state index in [0.717, 1.165) is 0 Å². The molecule has 2 N–H and O–H groups in total. The summed E-state index contributed by atoms with van der Waals surface area (Å²) in [6, 6.07) is 5.14. The van der Waals surface area contributed by atoms with Crippen LogP contribution in [0.4, 0.5) is 5.69 Å². The molecule has 1 atom stereocenters. The van der Waals surface area contributed by atoms with Crippen molar-refractivity contribution >= 4 is 39.2 Å². The van der Waals surface area contributed by atoms with Gasteiger partial charge in [0.25, 0.3) is 5.91 Å². The van der Waals surface area contributed by atoms with Crippen LogP contribution in [0, 0.1) is 13.8 Å². The maximum Gasteiger partial charge on any atom is 0.324 e. The number of halogens is 1. The molecule has 1 amide bonds. The van der Waals surface area contributed by atoms with Gasteiger partial charge in [0.05, 0.1) is 0 Å². The number of sulfonamides is 1. The molecule has 0 saturated heterocycles. The largest absolute Gasteiger partial charge is 0.454 e. The zero-order valence-corrected chi connectivity index (χ0v) is 16.3. The van der Waals surface area contributed by atoms with Crippen LogP contribution in [0.2, 0.25) is 5.02 Å². The first-order valence-electron chi connectivity index (χ1n) is 7.77. The van der Waals surface area contributed by atoms with Gasteiger partial charge < -0.3 is 14.6 Å². The van der Waals surface area contributed by atoms with Crippen LogP contribution < -0.4 is 10.0 Å². The number of benzene rings is 1. The number of ether oxygens (including phenoxy) is 1. The van der Waals surface area contributed by atoms with E-state index >= 15 is 0 Å². The van der Waals surface area contributed by atoms with Gasteiger partial charge in [-0.15, -0.1) is 0 Å². The Hall–Kier alpha value is -2.43. The quantitative estimate of drug-likeness (QED) is 0.659. The highest BCUT2D eigenvalue weighted by molar-refractivity contribution is 7.89. The topological polar surface area (TPSA) is 128 Å². The molecular weight excluding hydrogens is 398 g/mol. The van der Waals surface area contributed by atoms with E-state index in [1.54, 1.807) is 24.3 Å². The van der Waals surface area contributed by atoms with Gasteiger partial charge in [-0.1, -0.05) is 16.8 Å². The van der Waals surface area contributed by atoms with Crippen LogP contribution in [0.15, 0.2) is 33.7 Å². The van der Waals surface area contributed by atoms with E-state index in [1.807, 2.05) is 0 Å². The predicted octanol–water partition coefficient (Wildman–Crippen LogP) is 1.79. The zero-order valence-electron chi connectivity index (χ0n) is 14.8. The number of amides is 1. The predicted molar refractivity (Wildman–Crippen MR) is 96.8 cm³/mol. The molecule has 2 aromatic rings. The van der Waals surface area contributed by atoms with Gasteiger partial charge in [0, 0.05) is 10.7 Å². The fourth-order valence-corrected chi connectivity index (χ4v) is 3.84. The van der Waals surface area contributed by atoms with Crippen molar-refractivity contribution in [2.24, 2.45) is 0 Å². The van der Waals surface area contributed by atoms with E-state index in [9.17, 15) is 18.0 Å². The fourth-order valence-electron chi connectivity index (χ4n) is 2.19. The molecule has 0 saturated carbocycles. The lowest BCUT2D eigenvalue weighted by Gasteiger charge is -2.13. The molecule has 0 spiro atoms. The van der Waals surface area contributed by atoms with E-state index in [0.29, 0.717) is 10.7 Å². The van der Waals surface area contributed by atoms with E-state index < -0.39 is 34.5 Å². The molecule has 0 fully saturated rings. The van der Waals surface area contributed by atoms with E-state index in [-0.39, 0.29) is 16.3 Å². The number of anilines is 1. The summed E-state index contributed by atoms with van der Waals surface area (Å²) in [7, 11) is -4.03. The number of nitrogens with one attached hydrogen (secondary N) is 2. The minimum absolute atomic E-state index is 0.0999. The zero-order chi connectivity index (χ0) is 20.2. The van der Waals surface area contributed by atoms with Gasteiger partial charge in [-0.2, -0.15) is 4.72 Å². The fraction of sp³-hybridized carbons (Fsp3) is 0.312. The molecule has 0 unspecified atom stereocenters. The van der Waals surface area contributed by atoms with Gasteiger partial charge in [-0.3, -0.25) is 9.59 Å². The first kappa shape index (κ1) is 20.9. The highest BCUT2D eigenvalue weighted by Gasteiger charge is 2.29. The van der Waals surface area contributed by atoms with Crippen LogP contribution >= 0.6 is 11.6 Å². The van der Waals surface area contributed by atoms with Crippen molar-refractivity contribution in [2.45, 2.75) is 31.7 Å². The van der Waals surface area contributed by atoms with Crippen molar-refractivity contribution in [1.29, 1.82) is 0 Å². The Morgan fingerprint density at radius 2 is 1.89 bits per heavy atom. The molecular formula is C16H18ClN3O6S. The third-order valence-corrected chi connectivity index (χ3v) is 5.43. The molecule has 0 bridgehead atoms. The molecule has 0 aliphatic heterocycles. The summed E-state index contributed by atoms with van der Waals surface area (Å²) >= 11 is 5.75. The molecule has 11 heteroatoms. The third-order valence-electron chi connectivity index (χ3n) is 3.40. The minimum Gasteiger partial charge on any atom is -0.454 e. The minimum atomic E-state index is -4.03. The second kappa shape index (κ2) is 8.51. The first-order chi connectivity index (χ1) is 12.6. The number of hydrogen-bond acceptors (Lipinski definition) is 7. The summed E-state index contributed by atoms with van der Waals surface area (Å²) in [6.07, 6.45) is 0. The number of carbonyl (C=O) groups excluding carboxylic acids is 2. The monoisotopic (exact) mass is 415 g/mol. The molecule has 0 radical (unpaired) electrons. The maximum absolute atomic E-state index is 12.3. The van der Waals surface area contributed by atoms with Crippen molar-refractivity contribution in [1.82, 2.24) is 9.88 Å². The standard InChI is InChI=1S/C16H18ClN3O6S/c1-9-15(11(3)26-19-9)27(23,24)20-10(2)16(22)25-8-14(21)18-13-6-4-12(17)5-7-13/h4-7,10,20H,8H2,1-3H3,(H,18,21)/t10-/m0/s1. The Bertz CT molecular complexity index is 920. The molecule has 2 rings (SSSR count). The summed E-state index contributed by atoms with van der Waals surface area (Å²) in [5.41, 5.74) is 0.649. The number of aromatic nitrogens is 1. The maximum atomic E-state index is 12.3. The van der Waals surface area contributed by atoms with Crippen molar-refractivity contribution in [2.75, 3.05) is 11.9 Å². The second-order valence-corrected chi connectivity index (χ2v) is 7.75. The molecule has 27 heavy (non-hydrogen) atoms. The Morgan fingerprint density at radius 3 is 2.44 bits per heavy atom. The normalized spacial score (nSPS) is 12.4. The van der Waals surface area contributed by atoms with Crippen LogP contribution in [0.3, 0.4) is 0 Å². The number of aryl methyl sites for hydroxylation is 2. The molecule has 9 nitrogen and oxygen atoms in total. The lowest BCUT2D eigenvalue weighted by molar-refractivity contribution is -0.148. The van der Waals surface area contributed by atoms with E-state index in [1.165, 1.54) is 20.8 Å². The number of rotatable bonds is 7. The number of carbonyl (C=O) groups is 2. The second-order valence-electron chi connectivity index (χ2n) is 5.66. The van der Waals surface area contributed by atoms with Gasteiger partial charge in [0.15, 0.2) is 12.4 Å². The summed E-state index contributed by atoms with van der Waals surface area (Å²) < 4.78 is 36.5. The van der Waals surface area contributed by atoms with Gasteiger partial charge in [0.1, 0.15) is 16.6 Å². The van der Waals surface area contributed by atoms with Crippen molar-refractivity contribution < 1.29 is 27.3 Å². The average molecular weight is 416 g/mol. The molecule has 146 valence electrons. The summed E-state index contributed by atoms with van der Waals surface area (Å²) in [5.74, 6) is -1.38. The van der Waals surface area contributed by atoms with Gasteiger partial charge in [-0.25, -0.2) is 8.42 Å². The van der Waals surface area contributed by atoms with Crippen LogP contribution in [0.1, 0.15) is 18.4 Å². The van der Waals surface area contributed by atoms with Gasteiger partial charge in [0.2, 0.25) is 10.0 Å². The number of hydrogen-bond donors (Lipinski definition) is 2. The summed E-state index contributed by atoms with van der Waals surface area (Å²) in [5, 5.41) is 6.60. The van der Waals surface area contributed by atoms with Crippen LogP contribution in [0.25, 0.3) is 0 Å². The third kappa shape index (κ3) is 5.52. The highest BCUT2D eigenvalue weighted by atomic mass is 35.5. The van der Waals surface area contributed by atoms with Crippen LogP contribution in [-0.2, 0) is 24.3 Å². The number of esters is 1. The van der Waals surface area contributed by atoms with Gasteiger partial charge in [-0.05, 0) is 45.0 Å². The first-order valence-corrected chi connectivity index (χ1v) is 9.63. The van der Waals surface area contributed by atoms with Gasteiger partial charge >= 0.3 is 5.97 Å². The lowest BCUT2D eigenvalue weighted by Crippen LogP contribution is -2.40. The van der Waals surface area contributed by atoms with E-state index in [2.05, 4.69) is 15.2 Å². The lowest BCUT2D eigenvalue weighted by atomic mass is 10.3. The molecule has 1 aromatic carbocycles. The smallest absolute Gasteiger partial charge is 0.324 e. The molecule has 0 aliphatic rings. The van der Waals surface area contributed by atoms with Crippen molar-refractivity contribution in [3.63, 3.8) is 0 Å². The molecule has 1 aromatic heterocycles. The number of nitrogens with zero attached hydrogens (tertiary/aromatic N) is 1. The van der Waals surface area contributed by atoms with Crippen molar-refractivity contribution in [3.8, 4) is 0 Å². The van der Waals surface area contributed by atoms with Crippen molar-refractivity contribution in [3.05, 3.63) is 40.7 Å². The summed E-state index contributed by atoms with van der Waals surface area (Å²) in [6.45, 7) is 3.64. The Labute approximate surface area is 161 Å². The highest BCUT2D eigenvalue weighted by Crippen LogP contribution is 2.19. The molecule has 1 heterocycles. The summed E-state index contributed by atoms with van der Waals surface area (Å²) in [4.78, 5) is 23.6. The Kier molecular flexibility index (Phi) is 6.58. The Morgan fingerprint density at radius 1 is 1.26 bits per heavy atom. The average Bonchev–Trinajstić information content (AvgIpc) is 2.93.